The number of nitriles is 2. The first-order valence-corrected chi connectivity index (χ1v) is 10.8. The molecule has 2 aromatic rings. The number of esters is 1. The summed E-state index contributed by atoms with van der Waals surface area (Å²) in [7, 11) is 1.42. The van der Waals surface area contributed by atoms with Crippen molar-refractivity contribution in [3.63, 3.8) is 0 Å². The molecule has 2 rings (SSSR count). The second kappa shape index (κ2) is 11.7. The highest BCUT2D eigenvalue weighted by Crippen LogP contribution is 2.37. The number of ether oxygens (including phenoxy) is 3. The summed E-state index contributed by atoms with van der Waals surface area (Å²) in [6.07, 6.45) is 6.35. The number of hydrogen-bond acceptors (Lipinski definition) is 8. The molecular weight excluding hydrogens is 464 g/mol. The van der Waals surface area contributed by atoms with Gasteiger partial charge in [0.25, 0.3) is 0 Å². The van der Waals surface area contributed by atoms with Crippen molar-refractivity contribution < 1.29 is 23.8 Å². The Hall–Kier alpha value is -3.77. The molecule has 0 saturated carbocycles. The topological polar surface area (TPSA) is 109 Å². The number of allylic oxidation sites excluding steroid dienone is 1. The van der Waals surface area contributed by atoms with Crippen LogP contribution in [-0.4, -0.2) is 32.1 Å². The Morgan fingerprint density at radius 2 is 2.03 bits per heavy atom. The second-order valence-corrected chi connectivity index (χ2v) is 8.00. The number of halogens is 1. The molecule has 0 N–H and O–H groups in total. The minimum atomic E-state index is -0.555. The van der Waals surface area contributed by atoms with Crippen LogP contribution in [0.15, 0.2) is 17.7 Å². The van der Waals surface area contributed by atoms with Crippen molar-refractivity contribution >= 4 is 40.8 Å². The average molecular weight is 483 g/mol. The first-order valence-electron chi connectivity index (χ1n) is 9.59. The Morgan fingerprint density at radius 1 is 1.30 bits per heavy atom. The molecule has 0 aliphatic heterocycles. The van der Waals surface area contributed by atoms with Crippen LogP contribution in [0, 0.1) is 41.9 Å². The molecule has 1 aromatic carbocycles. The highest BCUT2D eigenvalue weighted by molar-refractivity contribution is 7.14. The number of ketones is 1. The van der Waals surface area contributed by atoms with E-state index in [0.717, 1.165) is 11.3 Å². The van der Waals surface area contributed by atoms with E-state index in [2.05, 4.69) is 5.92 Å². The lowest BCUT2D eigenvalue weighted by Gasteiger charge is -2.11. The first kappa shape index (κ1) is 25.5. The van der Waals surface area contributed by atoms with E-state index in [9.17, 15) is 20.1 Å². The summed E-state index contributed by atoms with van der Waals surface area (Å²) in [6, 6.07) is 6.97. The number of carbonyl (C=O) groups is 2. The van der Waals surface area contributed by atoms with E-state index in [1.54, 1.807) is 19.9 Å². The van der Waals surface area contributed by atoms with Crippen LogP contribution >= 0.6 is 22.9 Å². The van der Waals surface area contributed by atoms with Gasteiger partial charge in [0.1, 0.15) is 23.6 Å². The zero-order valence-electron chi connectivity index (χ0n) is 18.2. The molecule has 0 atom stereocenters. The van der Waals surface area contributed by atoms with Crippen LogP contribution in [0.25, 0.3) is 6.08 Å². The molecule has 1 heterocycles. The number of methoxy groups -OCH3 is 1. The van der Waals surface area contributed by atoms with Gasteiger partial charge in [-0.1, -0.05) is 17.5 Å². The van der Waals surface area contributed by atoms with Crippen LogP contribution in [-0.2, 0) is 16.0 Å². The molecule has 1 aromatic heterocycles. The first-order chi connectivity index (χ1) is 15.8. The Labute approximate surface area is 200 Å². The molecule has 168 valence electrons. The summed E-state index contributed by atoms with van der Waals surface area (Å²) in [5, 5.41) is 19.3. The molecule has 0 amide bonds. The van der Waals surface area contributed by atoms with Crippen LogP contribution in [0.3, 0.4) is 0 Å². The maximum atomic E-state index is 12.9. The summed E-state index contributed by atoms with van der Waals surface area (Å²) in [5.41, 5.74) is 0.960. The normalized spacial score (nSPS) is 10.5. The Balaban J connectivity index is 2.39. The monoisotopic (exact) mass is 482 g/mol. The van der Waals surface area contributed by atoms with Gasteiger partial charge in [0.05, 0.1) is 29.9 Å². The fourth-order valence-corrected chi connectivity index (χ4v) is 4.32. The van der Waals surface area contributed by atoms with E-state index in [1.165, 1.54) is 19.3 Å². The van der Waals surface area contributed by atoms with E-state index in [1.807, 2.05) is 12.1 Å². The number of hydrogen-bond donors (Lipinski definition) is 0. The molecule has 9 heteroatoms. The highest BCUT2D eigenvalue weighted by atomic mass is 35.5. The van der Waals surface area contributed by atoms with Gasteiger partial charge in [-0.25, -0.2) is 4.79 Å². The predicted molar refractivity (Wildman–Crippen MR) is 124 cm³/mol. The van der Waals surface area contributed by atoms with E-state index in [0.29, 0.717) is 16.0 Å². The van der Waals surface area contributed by atoms with Crippen molar-refractivity contribution in [1.82, 2.24) is 0 Å². The third kappa shape index (κ3) is 5.93. The van der Waals surface area contributed by atoms with Gasteiger partial charge in [0.2, 0.25) is 0 Å². The van der Waals surface area contributed by atoms with Crippen LogP contribution in [0.4, 0.5) is 0 Å². The van der Waals surface area contributed by atoms with E-state index in [4.69, 9.17) is 32.2 Å². The Morgan fingerprint density at radius 3 is 2.61 bits per heavy atom. The Kier molecular flexibility index (Phi) is 9.07. The second-order valence-electron chi connectivity index (χ2n) is 6.48. The van der Waals surface area contributed by atoms with E-state index < -0.39 is 11.8 Å². The van der Waals surface area contributed by atoms with Crippen molar-refractivity contribution in [3.8, 4) is 36.0 Å². The lowest BCUT2D eigenvalue weighted by atomic mass is 10.0. The van der Waals surface area contributed by atoms with Crippen molar-refractivity contribution in [2.45, 2.75) is 20.3 Å². The van der Waals surface area contributed by atoms with Gasteiger partial charge in [-0.15, -0.1) is 17.8 Å². The maximum Gasteiger partial charge on any atom is 0.348 e. The largest absolute Gasteiger partial charge is 0.493 e. The third-order valence-corrected chi connectivity index (χ3v) is 5.95. The predicted octanol–water partition coefficient (Wildman–Crippen LogP) is 4.50. The average Bonchev–Trinajstić information content (AvgIpc) is 3.11. The summed E-state index contributed by atoms with van der Waals surface area (Å²) in [4.78, 5) is 25.6. The van der Waals surface area contributed by atoms with Crippen LogP contribution in [0.2, 0.25) is 5.02 Å². The number of Topliss-reactive ketones (excluding diaryl/α,β-unsaturated/α-hetero) is 1. The zero-order valence-corrected chi connectivity index (χ0v) is 19.7. The smallest absolute Gasteiger partial charge is 0.348 e. The van der Waals surface area contributed by atoms with Gasteiger partial charge in [0.15, 0.2) is 17.3 Å². The maximum absolute atomic E-state index is 12.9. The van der Waals surface area contributed by atoms with Crippen molar-refractivity contribution in [2.24, 2.45) is 0 Å². The van der Waals surface area contributed by atoms with Gasteiger partial charge in [-0.2, -0.15) is 10.5 Å². The molecule has 0 saturated heterocycles. The fraction of sp³-hybridized carbons (Fsp3) is 0.250. The number of thiophene rings is 1. The van der Waals surface area contributed by atoms with Crippen molar-refractivity contribution in [3.05, 3.63) is 49.2 Å². The molecule has 0 fully saturated rings. The minimum Gasteiger partial charge on any atom is -0.493 e. The van der Waals surface area contributed by atoms with E-state index >= 15 is 0 Å². The van der Waals surface area contributed by atoms with Gasteiger partial charge < -0.3 is 14.2 Å². The summed E-state index contributed by atoms with van der Waals surface area (Å²) in [6.45, 7) is 3.47. The lowest BCUT2D eigenvalue weighted by molar-refractivity contribution is -0.114. The van der Waals surface area contributed by atoms with Crippen LogP contribution in [0.5, 0.6) is 11.5 Å². The fourth-order valence-electron chi connectivity index (χ4n) is 2.90. The highest BCUT2D eigenvalue weighted by Gasteiger charge is 2.23. The lowest BCUT2D eigenvalue weighted by Crippen LogP contribution is -2.05. The molecule has 0 aliphatic rings. The van der Waals surface area contributed by atoms with Crippen LogP contribution in [0.1, 0.15) is 38.2 Å². The van der Waals surface area contributed by atoms with Crippen molar-refractivity contribution in [2.75, 3.05) is 20.3 Å². The van der Waals surface area contributed by atoms with Gasteiger partial charge in [0, 0.05) is 11.3 Å². The van der Waals surface area contributed by atoms with Gasteiger partial charge in [-0.3, -0.25) is 4.79 Å². The Bertz CT molecular complexity index is 1240. The summed E-state index contributed by atoms with van der Waals surface area (Å²) < 4.78 is 15.7. The van der Waals surface area contributed by atoms with E-state index in [-0.39, 0.29) is 52.2 Å². The minimum absolute atomic E-state index is 0.0115. The SMILES string of the molecule is C#CCOc1c(Cl)cc(/C=C(\C#N)C(=O)Cc2sc(C(=O)OCC)c(C)c2C#N)cc1OC. The number of carbonyl (C=O) groups excluding carboxylic acids is 2. The standard InChI is InChI=1S/C24H19ClN2O5S/c1-5-7-32-22-18(25)9-15(10-20(22)30-4)8-16(12-26)19(28)11-21-17(13-27)14(3)23(33-21)24(29)31-6-2/h1,8-10H,6-7,11H2,2-4H3/b16-8+. The molecule has 33 heavy (non-hydrogen) atoms. The molecule has 0 unspecified atom stereocenters. The summed E-state index contributed by atoms with van der Waals surface area (Å²) in [5.74, 6) is 1.79. The number of benzene rings is 1. The molecule has 7 nitrogen and oxygen atoms in total. The third-order valence-electron chi connectivity index (χ3n) is 4.40. The molecule has 0 spiro atoms. The molecule has 0 bridgehead atoms. The van der Waals surface area contributed by atoms with Gasteiger partial charge >= 0.3 is 5.97 Å². The summed E-state index contributed by atoms with van der Waals surface area (Å²) >= 11 is 7.26. The van der Waals surface area contributed by atoms with Gasteiger partial charge in [-0.05, 0) is 43.2 Å². The van der Waals surface area contributed by atoms with Crippen LogP contribution < -0.4 is 9.47 Å². The molecular formula is C24H19ClN2O5S. The number of rotatable bonds is 9. The molecule has 0 radical (unpaired) electrons. The number of nitrogens with zero attached hydrogens (tertiary/aromatic N) is 2. The number of terminal acetylenes is 1. The zero-order chi connectivity index (χ0) is 24.5. The van der Waals surface area contributed by atoms with Crippen molar-refractivity contribution in [1.29, 1.82) is 10.5 Å². The molecule has 0 aliphatic carbocycles. The quantitative estimate of drug-likeness (QED) is 0.224.